The topological polar surface area (TPSA) is 41.5 Å². The van der Waals surface area contributed by atoms with Crippen LogP contribution in [0.1, 0.15) is 5.56 Å². The van der Waals surface area contributed by atoms with Crippen molar-refractivity contribution in [3.63, 3.8) is 0 Å². The number of amides is 1. The summed E-state index contributed by atoms with van der Waals surface area (Å²) in [7, 11) is 0. The van der Waals surface area contributed by atoms with E-state index in [0.717, 1.165) is 15.1 Å². The normalized spacial score (nSPS) is 18.3. The molecule has 1 aromatic rings. The van der Waals surface area contributed by atoms with Crippen molar-refractivity contribution in [1.82, 2.24) is 5.32 Å². The Hall–Kier alpha value is -1.07. The van der Waals surface area contributed by atoms with Crippen molar-refractivity contribution in [3.8, 4) is 0 Å². The fraction of sp³-hybridized carbons (Fsp3) is 0.231. The average molecular weight is 325 g/mol. The first-order valence-corrected chi connectivity index (χ1v) is 7.31. The summed E-state index contributed by atoms with van der Waals surface area (Å²) in [6.45, 7) is 4.12. The minimum absolute atomic E-state index is 0.0472. The molecule has 1 N–H and O–H groups in total. The molecule has 2 rings (SSSR count). The molecule has 0 aliphatic carbocycles. The van der Waals surface area contributed by atoms with Gasteiger partial charge in [0.25, 0.3) is 0 Å². The Balaban J connectivity index is 2.00. The van der Waals surface area contributed by atoms with Gasteiger partial charge in [-0.05, 0) is 0 Å². The molecule has 0 saturated heterocycles. The van der Waals surface area contributed by atoms with Crippen LogP contribution in [0, 0.1) is 0 Å². The van der Waals surface area contributed by atoms with Gasteiger partial charge < -0.3 is 5.32 Å². The third-order valence-electron chi connectivity index (χ3n) is 2.43. The summed E-state index contributed by atoms with van der Waals surface area (Å²) in [6, 6.07) is 9.63. The Bertz CT molecular complexity index is 487. The molecule has 0 spiro atoms. The monoisotopic (exact) mass is 324 g/mol. The average Bonchev–Trinajstić information content (AvgIpc) is 2.86. The molecule has 1 unspecified atom stereocenters. The number of thioether (sulfide) groups is 1. The molecule has 1 aromatic carbocycles. The zero-order valence-electron chi connectivity index (χ0n) is 9.73. The van der Waals surface area contributed by atoms with E-state index in [1.165, 1.54) is 0 Å². The van der Waals surface area contributed by atoms with E-state index in [-0.39, 0.29) is 11.9 Å². The molecule has 1 aliphatic heterocycles. The minimum atomic E-state index is -0.294. The van der Waals surface area contributed by atoms with E-state index in [9.17, 15) is 4.79 Å². The Morgan fingerprint density at radius 1 is 1.50 bits per heavy atom. The number of halogens is 1. The van der Waals surface area contributed by atoms with E-state index >= 15 is 0 Å². The lowest BCUT2D eigenvalue weighted by Gasteiger charge is -2.06. The molecule has 1 heterocycles. The van der Waals surface area contributed by atoms with Crippen LogP contribution in [0.25, 0.3) is 0 Å². The molecule has 0 aromatic heterocycles. The Labute approximate surface area is 119 Å². The molecule has 18 heavy (non-hydrogen) atoms. The zero-order chi connectivity index (χ0) is 13.0. The van der Waals surface area contributed by atoms with Crippen LogP contribution < -0.4 is 5.32 Å². The number of carbonyl (C=O) groups excluding carboxylic acids is 1. The minimum Gasteiger partial charge on any atom is -0.350 e. The van der Waals surface area contributed by atoms with Crippen LogP contribution >= 0.6 is 27.7 Å². The van der Waals surface area contributed by atoms with Gasteiger partial charge in [0.05, 0.1) is 5.04 Å². The van der Waals surface area contributed by atoms with Gasteiger partial charge in [-0.1, -0.05) is 52.8 Å². The summed E-state index contributed by atoms with van der Waals surface area (Å²) in [6.07, 6.45) is 0. The molecule has 0 fully saturated rings. The summed E-state index contributed by atoms with van der Waals surface area (Å²) in [5, 5.41) is 3.73. The van der Waals surface area contributed by atoms with E-state index in [1.807, 2.05) is 30.3 Å². The van der Waals surface area contributed by atoms with E-state index < -0.39 is 0 Å². The second-order valence-electron chi connectivity index (χ2n) is 3.86. The number of aliphatic imine (C=N–C) groups is 1. The van der Waals surface area contributed by atoms with Crippen molar-refractivity contribution in [3.05, 3.63) is 47.0 Å². The number of benzene rings is 1. The number of carbonyl (C=O) groups is 1. The number of nitrogens with one attached hydrogen (secondary N) is 1. The van der Waals surface area contributed by atoms with Crippen molar-refractivity contribution in [2.45, 2.75) is 6.04 Å². The van der Waals surface area contributed by atoms with Crippen LogP contribution in [0.15, 0.2) is 46.4 Å². The molecule has 5 heteroatoms. The number of rotatable bonds is 4. The van der Waals surface area contributed by atoms with Gasteiger partial charge in [0.1, 0.15) is 6.04 Å². The molecule has 94 valence electrons. The second-order valence-corrected chi connectivity index (χ2v) is 5.99. The standard InChI is InChI=1S/C13H13BrN2OS/c1-9(14)7-15-12(17)11-8-18-13(16-11)10-5-3-2-4-6-10/h2-6,11H,1,7-8H2,(H,15,17). The van der Waals surface area contributed by atoms with Crippen molar-refractivity contribution in [1.29, 1.82) is 0 Å². The van der Waals surface area contributed by atoms with Crippen molar-refractivity contribution >= 4 is 38.6 Å². The summed E-state index contributed by atoms with van der Waals surface area (Å²) in [4.78, 5) is 16.3. The lowest BCUT2D eigenvalue weighted by molar-refractivity contribution is -0.121. The van der Waals surface area contributed by atoms with Crippen LogP contribution in [0.4, 0.5) is 0 Å². The first-order chi connectivity index (χ1) is 8.66. The molecule has 3 nitrogen and oxygen atoms in total. The summed E-state index contributed by atoms with van der Waals surface area (Å²) >= 11 is 4.83. The van der Waals surface area contributed by atoms with Gasteiger partial charge in [0.15, 0.2) is 0 Å². The maximum Gasteiger partial charge on any atom is 0.245 e. The van der Waals surface area contributed by atoms with Crippen molar-refractivity contribution in [2.24, 2.45) is 4.99 Å². The molecule has 1 atom stereocenters. The quantitative estimate of drug-likeness (QED) is 0.924. The molecular formula is C13H13BrN2OS. The number of hydrogen-bond donors (Lipinski definition) is 1. The maximum atomic E-state index is 11.8. The fourth-order valence-corrected chi connectivity index (χ4v) is 2.73. The van der Waals surface area contributed by atoms with Gasteiger partial charge in [0.2, 0.25) is 5.91 Å². The Kier molecular flexibility index (Phi) is 4.60. The van der Waals surface area contributed by atoms with Gasteiger partial charge in [-0.25, -0.2) is 0 Å². The molecular weight excluding hydrogens is 312 g/mol. The van der Waals surface area contributed by atoms with Crippen LogP contribution in [-0.2, 0) is 4.79 Å². The smallest absolute Gasteiger partial charge is 0.245 e. The summed E-state index contributed by atoms with van der Waals surface area (Å²) in [5.74, 6) is 0.652. The van der Waals surface area contributed by atoms with Crippen LogP contribution in [0.5, 0.6) is 0 Å². The van der Waals surface area contributed by atoms with Crippen LogP contribution in [0.3, 0.4) is 0 Å². The van der Waals surface area contributed by atoms with Crippen molar-refractivity contribution in [2.75, 3.05) is 12.3 Å². The largest absolute Gasteiger partial charge is 0.350 e. The fourth-order valence-electron chi connectivity index (χ4n) is 1.55. The molecule has 0 bridgehead atoms. The van der Waals surface area contributed by atoms with Gasteiger partial charge >= 0.3 is 0 Å². The van der Waals surface area contributed by atoms with E-state index in [1.54, 1.807) is 11.8 Å². The third-order valence-corrected chi connectivity index (χ3v) is 3.81. The number of nitrogens with zero attached hydrogens (tertiary/aromatic N) is 1. The highest BCUT2D eigenvalue weighted by atomic mass is 79.9. The van der Waals surface area contributed by atoms with Crippen molar-refractivity contribution < 1.29 is 4.79 Å². The predicted molar refractivity (Wildman–Crippen MR) is 80.3 cm³/mol. The first kappa shape index (κ1) is 13.4. The SMILES string of the molecule is C=C(Br)CNC(=O)C1CSC(c2ccccc2)=N1. The lowest BCUT2D eigenvalue weighted by atomic mass is 10.2. The van der Waals surface area contributed by atoms with Gasteiger partial charge in [0, 0.05) is 22.3 Å². The molecule has 1 aliphatic rings. The molecule has 1 amide bonds. The zero-order valence-corrected chi connectivity index (χ0v) is 12.1. The Morgan fingerprint density at radius 2 is 2.22 bits per heavy atom. The second kappa shape index (κ2) is 6.20. The Morgan fingerprint density at radius 3 is 2.89 bits per heavy atom. The van der Waals surface area contributed by atoms with Gasteiger partial charge in [-0.2, -0.15) is 0 Å². The molecule has 0 radical (unpaired) electrons. The van der Waals surface area contributed by atoms with E-state index in [0.29, 0.717) is 12.3 Å². The maximum absolute atomic E-state index is 11.8. The van der Waals surface area contributed by atoms with Gasteiger partial charge in [-0.15, -0.1) is 11.8 Å². The highest BCUT2D eigenvalue weighted by Crippen LogP contribution is 2.23. The predicted octanol–water partition coefficient (Wildman–Crippen LogP) is 2.57. The summed E-state index contributed by atoms with van der Waals surface area (Å²) < 4.78 is 0.758. The summed E-state index contributed by atoms with van der Waals surface area (Å²) in [5.41, 5.74) is 1.07. The number of hydrogen-bond acceptors (Lipinski definition) is 3. The lowest BCUT2D eigenvalue weighted by Crippen LogP contribution is -2.34. The third kappa shape index (κ3) is 3.46. The van der Waals surface area contributed by atoms with Gasteiger partial charge in [-0.3, -0.25) is 9.79 Å². The first-order valence-electron chi connectivity index (χ1n) is 5.54. The van der Waals surface area contributed by atoms with Crippen LogP contribution in [0.2, 0.25) is 0 Å². The van der Waals surface area contributed by atoms with Crippen LogP contribution in [-0.4, -0.2) is 29.3 Å². The highest BCUT2D eigenvalue weighted by molar-refractivity contribution is 9.11. The van der Waals surface area contributed by atoms with E-state index in [2.05, 4.69) is 32.8 Å². The molecule has 0 saturated carbocycles. The van der Waals surface area contributed by atoms with E-state index in [4.69, 9.17) is 0 Å². The highest BCUT2D eigenvalue weighted by Gasteiger charge is 2.25.